The van der Waals surface area contributed by atoms with E-state index in [2.05, 4.69) is 39.6 Å². The molecule has 1 aromatic rings. The van der Waals surface area contributed by atoms with Gasteiger partial charge in [-0.25, -0.2) is 0 Å². The predicted molar refractivity (Wildman–Crippen MR) is 121 cm³/mol. The molecule has 1 saturated heterocycles. The monoisotopic (exact) mass is 474 g/mol. The Kier molecular flexibility index (Phi) is 11.7. The van der Waals surface area contributed by atoms with Crippen LogP contribution in [0.4, 0.5) is 0 Å². The van der Waals surface area contributed by atoms with Gasteiger partial charge in [0.1, 0.15) is 5.75 Å². The number of piperidine rings is 1. The zero-order chi connectivity index (χ0) is 17.9. The number of hydrogen-bond donors (Lipinski definition) is 2. The summed E-state index contributed by atoms with van der Waals surface area (Å²) >= 11 is 0. The molecule has 0 radical (unpaired) electrons. The number of guanidine groups is 1. The molecular formula is C20H35IN4O. The second-order valence-corrected chi connectivity index (χ2v) is 6.94. The molecule has 1 fully saturated rings. The molecule has 0 saturated carbocycles. The van der Waals surface area contributed by atoms with E-state index in [1.165, 1.54) is 44.5 Å². The molecule has 26 heavy (non-hydrogen) atoms. The summed E-state index contributed by atoms with van der Waals surface area (Å²) in [5, 5.41) is 6.86. The molecule has 1 aromatic carbocycles. The molecule has 0 aliphatic carbocycles. The zero-order valence-electron chi connectivity index (χ0n) is 16.5. The van der Waals surface area contributed by atoms with Gasteiger partial charge in [-0.3, -0.25) is 4.99 Å². The summed E-state index contributed by atoms with van der Waals surface area (Å²) in [6.07, 6.45) is 5.07. The van der Waals surface area contributed by atoms with E-state index in [-0.39, 0.29) is 24.0 Å². The minimum absolute atomic E-state index is 0. The van der Waals surface area contributed by atoms with Crippen LogP contribution in [-0.2, 0) is 6.42 Å². The van der Waals surface area contributed by atoms with Crippen molar-refractivity contribution in [2.75, 3.05) is 46.9 Å². The highest BCUT2D eigenvalue weighted by Gasteiger charge is 2.13. The smallest absolute Gasteiger partial charge is 0.190 e. The number of aliphatic imine (C=N–C) groups is 1. The van der Waals surface area contributed by atoms with Crippen LogP contribution in [0.3, 0.4) is 0 Å². The molecule has 5 nitrogen and oxygen atoms in total. The van der Waals surface area contributed by atoms with Crippen molar-refractivity contribution < 1.29 is 4.74 Å². The van der Waals surface area contributed by atoms with Gasteiger partial charge in [0, 0.05) is 26.7 Å². The minimum atomic E-state index is 0. The third-order valence-electron chi connectivity index (χ3n) is 4.73. The van der Waals surface area contributed by atoms with E-state index in [1.54, 1.807) is 7.11 Å². The third-order valence-corrected chi connectivity index (χ3v) is 4.73. The lowest BCUT2D eigenvalue weighted by Crippen LogP contribution is -2.42. The number of ether oxygens (including phenoxy) is 1. The number of hydrogen-bond acceptors (Lipinski definition) is 3. The van der Waals surface area contributed by atoms with Crippen molar-refractivity contribution in [2.24, 2.45) is 10.9 Å². The molecule has 1 aliphatic rings. The standard InChI is InChI=1S/C20H34N4O.HI/c1-17(16-24-13-5-4-6-14-24)15-23-20(21-2)22-12-11-18-7-9-19(25-3)10-8-18;/h7-10,17H,4-6,11-16H2,1-3H3,(H2,21,22,23);1H. The molecule has 0 spiro atoms. The SMILES string of the molecule is CN=C(NCCc1ccc(OC)cc1)NCC(C)CN1CCCCC1.I. The Labute approximate surface area is 176 Å². The summed E-state index contributed by atoms with van der Waals surface area (Å²) in [6.45, 7) is 7.84. The number of nitrogens with zero attached hydrogens (tertiary/aromatic N) is 2. The first-order chi connectivity index (χ1) is 12.2. The van der Waals surface area contributed by atoms with E-state index < -0.39 is 0 Å². The van der Waals surface area contributed by atoms with Crippen molar-refractivity contribution in [1.29, 1.82) is 0 Å². The maximum Gasteiger partial charge on any atom is 0.190 e. The summed E-state index contributed by atoms with van der Waals surface area (Å²) in [5.74, 6) is 2.41. The largest absolute Gasteiger partial charge is 0.497 e. The Hall–Kier alpha value is -1.02. The second kappa shape index (κ2) is 13.2. The Bertz CT molecular complexity index is 515. The van der Waals surface area contributed by atoms with Crippen molar-refractivity contribution in [3.05, 3.63) is 29.8 Å². The molecule has 0 amide bonds. The molecule has 0 aromatic heterocycles. The molecule has 1 unspecified atom stereocenters. The van der Waals surface area contributed by atoms with Crippen molar-refractivity contribution >= 4 is 29.9 Å². The lowest BCUT2D eigenvalue weighted by molar-refractivity contribution is 0.201. The molecule has 1 heterocycles. The van der Waals surface area contributed by atoms with E-state index in [0.29, 0.717) is 5.92 Å². The fourth-order valence-electron chi connectivity index (χ4n) is 3.26. The lowest BCUT2D eigenvalue weighted by Gasteiger charge is -2.29. The van der Waals surface area contributed by atoms with Gasteiger partial charge in [0.15, 0.2) is 5.96 Å². The summed E-state index contributed by atoms with van der Waals surface area (Å²) in [5.41, 5.74) is 1.29. The summed E-state index contributed by atoms with van der Waals surface area (Å²) in [4.78, 5) is 6.92. The van der Waals surface area contributed by atoms with Crippen LogP contribution in [0.2, 0.25) is 0 Å². The lowest BCUT2D eigenvalue weighted by atomic mass is 10.1. The van der Waals surface area contributed by atoms with Gasteiger partial charge < -0.3 is 20.3 Å². The fourth-order valence-corrected chi connectivity index (χ4v) is 3.26. The minimum Gasteiger partial charge on any atom is -0.497 e. The quantitative estimate of drug-likeness (QED) is 0.346. The van der Waals surface area contributed by atoms with Gasteiger partial charge in [-0.05, 0) is 56.0 Å². The summed E-state index contributed by atoms with van der Waals surface area (Å²) < 4.78 is 5.19. The highest BCUT2D eigenvalue weighted by molar-refractivity contribution is 14.0. The van der Waals surface area contributed by atoms with Crippen LogP contribution in [0.5, 0.6) is 5.75 Å². The van der Waals surface area contributed by atoms with Crippen molar-refractivity contribution in [2.45, 2.75) is 32.6 Å². The van der Waals surface area contributed by atoms with E-state index in [0.717, 1.165) is 31.2 Å². The van der Waals surface area contributed by atoms with Crippen molar-refractivity contribution in [1.82, 2.24) is 15.5 Å². The molecular weight excluding hydrogens is 439 g/mol. The van der Waals surface area contributed by atoms with Crippen LogP contribution in [0, 0.1) is 5.92 Å². The average Bonchev–Trinajstić information content (AvgIpc) is 2.66. The van der Waals surface area contributed by atoms with Crippen LogP contribution in [0.15, 0.2) is 29.3 Å². The maximum atomic E-state index is 5.19. The number of halogens is 1. The van der Waals surface area contributed by atoms with Gasteiger partial charge in [-0.1, -0.05) is 25.5 Å². The fraction of sp³-hybridized carbons (Fsp3) is 0.650. The molecule has 1 atom stereocenters. The first kappa shape index (κ1) is 23.0. The molecule has 1 aliphatic heterocycles. The van der Waals surface area contributed by atoms with E-state index in [4.69, 9.17) is 4.74 Å². The second-order valence-electron chi connectivity index (χ2n) is 6.94. The van der Waals surface area contributed by atoms with Gasteiger partial charge in [0.2, 0.25) is 0 Å². The van der Waals surface area contributed by atoms with Crippen LogP contribution < -0.4 is 15.4 Å². The Morgan fingerprint density at radius 3 is 2.46 bits per heavy atom. The first-order valence-electron chi connectivity index (χ1n) is 9.51. The Balaban J connectivity index is 0.00000338. The van der Waals surface area contributed by atoms with Gasteiger partial charge in [-0.2, -0.15) is 0 Å². The molecule has 0 bridgehead atoms. The van der Waals surface area contributed by atoms with Gasteiger partial charge in [0.05, 0.1) is 7.11 Å². The highest BCUT2D eigenvalue weighted by atomic mass is 127. The number of methoxy groups -OCH3 is 1. The zero-order valence-corrected chi connectivity index (χ0v) is 18.8. The van der Waals surface area contributed by atoms with Gasteiger partial charge in [0.25, 0.3) is 0 Å². The van der Waals surface area contributed by atoms with E-state index in [9.17, 15) is 0 Å². The topological polar surface area (TPSA) is 48.9 Å². The molecule has 2 rings (SSSR count). The van der Waals surface area contributed by atoms with Crippen LogP contribution in [0.1, 0.15) is 31.7 Å². The highest BCUT2D eigenvalue weighted by Crippen LogP contribution is 2.11. The number of rotatable bonds is 8. The maximum absolute atomic E-state index is 5.19. The predicted octanol–water partition coefficient (Wildman–Crippen LogP) is 3.14. The van der Waals surface area contributed by atoms with Crippen LogP contribution in [0.25, 0.3) is 0 Å². The number of likely N-dealkylation sites (tertiary alicyclic amines) is 1. The molecule has 148 valence electrons. The van der Waals surface area contributed by atoms with E-state index in [1.807, 2.05) is 19.2 Å². The van der Waals surface area contributed by atoms with Crippen LogP contribution >= 0.6 is 24.0 Å². The average molecular weight is 474 g/mol. The van der Waals surface area contributed by atoms with Crippen molar-refractivity contribution in [3.63, 3.8) is 0 Å². The normalized spacial score (nSPS) is 16.5. The summed E-state index contributed by atoms with van der Waals surface area (Å²) in [6, 6.07) is 8.23. The van der Waals surface area contributed by atoms with Gasteiger partial charge >= 0.3 is 0 Å². The van der Waals surface area contributed by atoms with E-state index >= 15 is 0 Å². The molecule has 2 N–H and O–H groups in total. The van der Waals surface area contributed by atoms with Gasteiger partial charge in [-0.15, -0.1) is 24.0 Å². The van der Waals surface area contributed by atoms with Crippen molar-refractivity contribution in [3.8, 4) is 5.75 Å². The first-order valence-corrected chi connectivity index (χ1v) is 9.51. The Morgan fingerprint density at radius 1 is 1.15 bits per heavy atom. The number of benzene rings is 1. The summed E-state index contributed by atoms with van der Waals surface area (Å²) in [7, 11) is 3.52. The van der Waals surface area contributed by atoms with Crippen LogP contribution in [-0.4, -0.2) is 57.7 Å². The molecule has 6 heteroatoms. The number of nitrogens with one attached hydrogen (secondary N) is 2. The third kappa shape index (κ3) is 8.58. The Morgan fingerprint density at radius 2 is 1.85 bits per heavy atom.